The van der Waals surface area contributed by atoms with Crippen LogP contribution in [0.3, 0.4) is 0 Å². The first-order chi connectivity index (χ1) is 9.16. The van der Waals surface area contributed by atoms with Gasteiger partial charge in [0.25, 0.3) is 0 Å². The summed E-state index contributed by atoms with van der Waals surface area (Å²) >= 11 is 3.50. The van der Waals surface area contributed by atoms with E-state index in [1.807, 2.05) is 24.4 Å². The molecule has 2 heterocycles. The fourth-order valence-electron chi connectivity index (χ4n) is 2.29. The van der Waals surface area contributed by atoms with Gasteiger partial charge in [0.05, 0.1) is 11.0 Å². The zero-order valence-electron chi connectivity index (χ0n) is 10.8. The van der Waals surface area contributed by atoms with Crippen molar-refractivity contribution in [3.8, 4) is 11.4 Å². The third kappa shape index (κ3) is 2.16. The molecule has 1 aromatic carbocycles. The zero-order chi connectivity index (χ0) is 13.4. The van der Waals surface area contributed by atoms with Crippen molar-refractivity contribution in [3.63, 3.8) is 0 Å². The number of aromatic nitrogens is 3. The third-order valence-electron chi connectivity index (χ3n) is 3.09. The summed E-state index contributed by atoms with van der Waals surface area (Å²) in [5.41, 5.74) is 3.20. The number of benzene rings is 1. The maximum atomic E-state index is 4.76. The Kier molecular flexibility index (Phi) is 3.11. The number of nitrogens with zero attached hydrogens (tertiary/aromatic N) is 3. The predicted molar refractivity (Wildman–Crippen MR) is 81.0 cm³/mol. The minimum Gasteiger partial charge on any atom is -0.321 e. The molecule has 0 atom stereocenters. The molecule has 0 spiro atoms. The fraction of sp³-hybridized carbons (Fsp3) is 0.200. The second-order valence-corrected chi connectivity index (χ2v) is 5.69. The van der Waals surface area contributed by atoms with Crippen molar-refractivity contribution >= 4 is 27.0 Å². The van der Waals surface area contributed by atoms with Gasteiger partial charge in [-0.25, -0.2) is 4.98 Å². The molecule has 0 fully saturated rings. The van der Waals surface area contributed by atoms with Crippen LogP contribution in [-0.2, 0) is 0 Å². The number of imidazole rings is 1. The second kappa shape index (κ2) is 4.78. The standard InChI is InChI=1S/C15H14BrN3/c1-10(2)19-14-6-5-12(16)8-13(14)18-15(19)11-4-3-7-17-9-11/h3-10H,1-2H3. The Hall–Kier alpha value is -1.68. The summed E-state index contributed by atoms with van der Waals surface area (Å²) in [5.74, 6) is 0.969. The van der Waals surface area contributed by atoms with Crippen molar-refractivity contribution in [1.29, 1.82) is 0 Å². The van der Waals surface area contributed by atoms with E-state index in [1.165, 1.54) is 0 Å². The van der Waals surface area contributed by atoms with Crippen molar-refractivity contribution in [1.82, 2.24) is 14.5 Å². The van der Waals surface area contributed by atoms with Gasteiger partial charge in [0.2, 0.25) is 0 Å². The topological polar surface area (TPSA) is 30.7 Å². The Morgan fingerprint density at radius 3 is 2.74 bits per heavy atom. The summed E-state index contributed by atoms with van der Waals surface area (Å²) in [5, 5.41) is 0. The maximum absolute atomic E-state index is 4.76. The van der Waals surface area contributed by atoms with Crippen molar-refractivity contribution in [2.45, 2.75) is 19.9 Å². The second-order valence-electron chi connectivity index (χ2n) is 4.77. The molecule has 0 bridgehead atoms. The lowest BCUT2D eigenvalue weighted by molar-refractivity contribution is 0.624. The van der Waals surface area contributed by atoms with E-state index < -0.39 is 0 Å². The molecule has 19 heavy (non-hydrogen) atoms. The van der Waals surface area contributed by atoms with Gasteiger partial charge >= 0.3 is 0 Å². The lowest BCUT2D eigenvalue weighted by Crippen LogP contribution is -2.03. The molecule has 3 nitrogen and oxygen atoms in total. The van der Waals surface area contributed by atoms with Crippen LogP contribution in [0.4, 0.5) is 0 Å². The molecule has 0 N–H and O–H groups in total. The summed E-state index contributed by atoms with van der Waals surface area (Å²) in [4.78, 5) is 8.94. The Bertz CT molecular complexity index is 717. The van der Waals surface area contributed by atoms with Crippen LogP contribution in [0.2, 0.25) is 0 Å². The quantitative estimate of drug-likeness (QED) is 0.700. The van der Waals surface area contributed by atoms with Crippen LogP contribution in [0.1, 0.15) is 19.9 Å². The fourth-order valence-corrected chi connectivity index (χ4v) is 2.64. The van der Waals surface area contributed by atoms with Gasteiger partial charge in [-0.2, -0.15) is 0 Å². The SMILES string of the molecule is CC(C)n1c(-c2cccnc2)nc2cc(Br)ccc21. The highest BCUT2D eigenvalue weighted by Gasteiger charge is 2.14. The zero-order valence-corrected chi connectivity index (χ0v) is 12.4. The van der Waals surface area contributed by atoms with Gasteiger partial charge in [0.15, 0.2) is 0 Å². The lowest BCUT2D eigenvalue weighted by Gasteiger charge is -2.12. The summed E-state index contributed by atoms with van der Waals surface area (Å²) < 4.78 is 3.30. The van der Waals surface area contributed by atoms with Crippen molar-refractivity contribution in [3.05, 3.63) is 47.2 Å². The molecule has 0 unspecified atom stereocenters. The number of hydrogen-bond donors (Lipinski definition) is 0. The van der Waals surface area contributed by atoms with Crippen LogP contribution < -0.4 is 0 Å². The molecular formula is C15H14BrN3. The number of halogens is 1. The molecular weight excluding hydrogens is 302 g/mol. The summed E-state index contributed by atoms with van der Waals surface area (Å²) in [7, 11) is 0. The maximum Gasteiger partial charge on any atom is 0.142 e. The van der Waals surface area contributed by atoms with E-state index in [1.54, 1.807) is 6.20 Å². The Morgan fingerprint density at radius 1 is 1.21 bits per heavy atom. The van der Waals surface area contributed by atoms with E-state index >= 15 is 0 Å². The molecule has 4 heteroatoms. The van der Waals surface area contributed by atoms with Crippen molar-refractivity contribution in [2.24, 2.45) is 0 Å². The molecule has 3 aromatic rings. The molecule has 0 aliphatic heterocycles. The number of fused-ring (bicyclic) bond motifs is 1. The van der Waals surface area contributed by atoms with Gasteiger partial charge in [-0.1, -0.05) is 15.9 Å². The molecule has 0 amide bonds. The summed E-state index contributed by atoms with van der Waals surface area (Å²) in [6.45, 7) is 4.34. The molecule has 0 saturated heterocycles. The van der Waals surface area contributed by atoms with Crippen molar-refractivity contribution < 1.29 is 0 Å². The Labute approximate surface area is 120 Å². The lowest BCUT2D eigenvalue weighted by atomic mass is 10.2. The number of hydrogen-bond acceptors (Lipinski definition) is 2. The summed E-state index contributed by atoms with van der Waals surface area (Å²) in [6, 6.07) is 10.5. The molecule has 0 saturated carbocycles. The van der Waals surface area contributed by atoms with Crippen LogP contribution >= 0.6 is 15.9 Å². The monoisotopic (exact) mass is 315 g/mol. The highest BCUT2D eigenvalue weighted by atomic mass is 79.9. The first-order valence-corrected chi connectivity index (χ1v) is 7.04. The highest BCUT2D eigenvalue weighted by molar-refractivity contribution is 9.10. The minimum absolute atomic E-state index is 0.349. The van der Waals surface area contributed by atoms with E-state index in [0.29, 0.717) is 6.04 Å². The van der Waals surface area contributed by atoms with Crippen LogP contribution in [-0.4, -0.2) is 14.5 Å². The predicted octanol–water partition coefficient (Wildman–Crippen LogP) is 4.44. The van der Waals surface area contributed by atoms with Gasteiger partial charge in [-0.3, -0.25) is 4.98 Å². The highest BCUT2D eigenvalue weighted by Crippen LogP contribution is 2.29. The Morgan fingerprint density at radius 2 is 2.05 bits per heavy atom. The largest absolute Gasteiger partial charge is 0.321 e. The Balaban J connectivity index is 2.32. The third-order valence-corrected chi connectivity index (χ3v) is 3.58. The summed E-state index contributed by atoms with van der Waals surface area (Å²) in [6.07, 6.45) is 3.64. The van der Waals surface area contributed by atoms with E-state index in [0.717, 1.165) is 26.9 Å². The molecule has 2 aromatic heterocycles. The number of pyridine rings is 1. The van der Waals surface area contributed by atoms with Crippen LogP contribution in [0.25, 0.3) is 22.4 Å². The average molecular weight is 316 g/mol. The van der Waals surface area contributed by atoms with E-state index in [4.69, 9.17) is 4.98 Å². The van der Waals surface area contributed by atoms with Crippen molar-refractivity contribution in [2.75, 3.05) is 0 Å². The molecule has 0 radical (unpaired) electrons. The first kappa shape index (κ1) is 12.4. The van der Waals surface area contributed by atoms with Gasteiger partial charge in [-0.05, 0) is 44.2 Å². The smallest absolute Gasteiger partial charge is 0.142 e. The normalized spacial score (nSPS) is 11.4. The molecule has 96 valence electrons. The molecule has 0 aliphatic carbocycles. The van der Waals surface area contributed by atoms with Crippen LogP contribution in [0.15, 0.2) is 47.2 Å². The van der Waals surface area contributed by atoms with Gasteiger partial charge in [0.1, 0.15) is 5.82 Å². The number of rotatable bonds is 2. The van der Waals surface area contributed by atoms with Crippen LogP contribution in [0.5, 0.6) is 0 Å². The average Bonchev–Trinajstić information content (AvgIpc) is 2.78. The van der Waals surface area contributed by atoms with Gasteiger partial charge in [-0.15, -0.1) is 0 Å². The minimum atomic E-state index is 0.349. The van der Waals surface area contributed by atoms with Gasteiger partial charge < -0.3 is 4.57 Å². The van der Waals surface area contributed by atoms with E-state index in [2.05, 4.69) is 51.5 Å². The molecule has 3 rings (SSSR count). The van der Waals surface area contributed by atoms with E-state index in [9.17, 15) is 0 Å². The van der Waals surface area contributed by atoms with Gasteiger partial charge in [0, 0.05) is 28.5 Å². The molecule has 0 aliphatic rings. The first-order valence-electron chi connectivity index (χ1n) is 6.24. The van der Waals surface area contributed by atoms with Crippen LogP contribution in [0, 0.1) is 0 Å². The van der Waals surface area contributed by atoms with E-state index in [-0.39, 0.29) is 0 Å².